The van der Waals surface area contributed by atoms with Crippen molar-refractivity contribution in [2.75, 3.05) is 13.6 Å². The Balaban J connectivity index is 2.40. The predicted octanol–water partition coefficient (Wildman–Crippen LogP) is 2.55. The molecule has 0 radical (unpaired) electrons. The van der Waals surface area contributed by atoms with Gasteiger partial charge in [0.1, 0.15) is 5.82 Å². The number of benzene rings is 1. The predicted molar refractivity (Wildman–Crippen MR) is 74.9 cm³/mol. The molecule has 0 aromatic heterocycles. The summed E-state index contributed by atoms with van der Waals surface area (Å²) in [6.45, 7) is 3.21. The van der Waals surface area contributed by atoms with Crippen molar-refractivity contribution in [2.24, 2.45) is 11.7 Å². The summed E-state index contributed by atoms with van der Waals surface area (Å²) in [4.78, 5) is 13.6. The number of halogens is 1. The van der Waals surface area contributed by atoms with Crippen molar-refractivity contribution in [1.29, 1.82) is 0 Å². The van der Waals surface area contributed by atoms with Gasteiger partial charge in [0.05, 0.1) is 0 Å². The third-order valence-electron chi connectivity index (χ3n) is 3.24. The number of carbonyl (C=O) groups excluding carboxylic acids is 1. The van der Waals surface area contributed by atoms with Crippen LogP contribution in [0.15, 0.2) is 24.3 Å². The first-order valence-corrected chi connectivity index (χ1v) is 6.71. The van der Waals surface area contributed by atoms with Crippen molar-refractivity contribution in [1.82, 2.24) is 4.90 Å². The van der Waals surface area contributed by atoms with Gasteiger partial charge in [-0.1, -0.05) is 19.1 Å². The average molecular weight is 266 g/mol. The molecule has 0 spiro atoms. The SMILES string of the molecule is CC(CCN)CCC(=O)N(C)Cc1cccc(F)c1. The van der Waals surface area contributed by atoms with Crippen LogP contribution in [-0.2, 0) is 11.3 Å². The summed E-state index contributed by atoms with van der Waals surface area (Å²) in [7, 11) is 1.75. The zero-order valence-electron chi connectivity index (χ0n) is 11.7. The third-order valence-corrected chi connectivity index (χ3v) is 3.24. The quantitative estimate of drug-likeness (QED) is 0.824. The molecule has 0 aliphatic carbocycles. The molecule has 0 heterocycles. The number of hydrogen-bond acceptors (Lipinski definition) is 2. The molecule has 0 saturated carbocycles. The van der Waals surface area contributed by atoms with Gasteiger partial charge in [-0.15, -0.1) is 0 Å². The summed E-state index contributed by atoms with van der Waals surface area (Å²) in [6.07, 6.45) is 2.32. The molecule has 1 aromatic rings. The molecule has 1 unspecified atom stereocenters. The Morgan fingerprint density at radius 2 is 2.16 bits per heavy atom. The van der Waals surface area contributed by atoms with Gasteiger partial charge < -0.3 is 10.6 Å². The maximum Gasteiger partial charge on any atom is 0.222 e. The fraction of sp³-hybridized carbons (Fsp3) is 0.533. The number of nitrogens with two attached hydrogens (primary N) is 1. The van der Waals surface area contributed by atoms with E-state index in [0.717, 1.165) is 18.4 Å². The van der Waals surface area contributed by atoms with E-state index in [1.54, 1.807) is 18.0 Å². The monoisotopic (exact) mass is 266 g/mol. The van der Waals surface area contributed by atoms with Crippen molar-refractivity contribution in [3.05, 3.63) is 35.6 Å². The zero-order chi connectivity index (χ0) is 14.3. The number of rotatable bonds is 7. The van der Waals surface area contributed by atoms with Gasteiger partial charge in [0.25, 0.3) is 0 Å². The summed E-state index contributed by atoms with van der Waals surface area (Å²) in [5, 5.41) is 0. The van der Waals surface area contributed by atoms with Crippen LogP contribution in [0.3, 0.4) is 0 Å². The van der Waals surface area contributed by atoms with E-state index >= 15 is 0 Å². The molecule has 1 atom stereocenters. The van der Waals surface area contributed by atoms with Crippen molar-refractivity contribution in [3.63, 3.8) is 0 Å². The van der Waals surface area contributed by atoms with Crippen LogP contribution in [0.5, 0.6) is 0 Å². The summed E-state index contributed by atoms with van der Waals surface area (Å²) in [6, 6.07) is 6.34. The summed E-state index contributed by atoms with van der Waals surface area (Å²) >= 11 is 0. The third kappa shape index (κ3) is 5.83. The van der Waals surface area contributed by atoms with Gasteiger partial charge in [-0.2, -0.15) is 0 Å². The number of carbonyl (C=O) groups is 1. The molecule has 19 heavy (non-hydrogen) atoms. The molecular formula is C15H23FN2O. The van der Waals surface area contributed by atoms with Gasteiger partial charge >= 0.3 is 0 Å². The highest BCUT2D eigenvalue weighted by Crippen LogP contribution is 2.12. The lowest BCUT2D eigenvalue weighted by Gasteiger charge is -2.18. The minimum absolute atomic E-state index is 0.0909. The van der Waals surface area contributed by atoms with Crippen molar-refractivity contribution in [2.45, 2.75) is 32.7 Å². The Bertz CT molecular complexity index is 409. The van der Waals surface area contributed by atoms with E-state index in [-0.39, 0.29) is 11.7 Å². The molecule has 1 amide bonds. The lowest BCUT2D eigenvalue weighted by atomic mass is 10.0. The smallest absolute Gasteiger partial charge is 0.222 e. The molecule has 1 aromatic carbocycles. The topological polar surface area (TPSA) is 46.3 Å². The second-order valence-corrected chi connectivity index (χ2v) is 5.10. The van der Waals surface area contributed by atoms with Crippen LogP contribution in [-0.4, -0.2) is 24.4 Å². The fourth-order valence-electron chi connectivity index (χ4n) is 1.99. The minimum Gasteiger partial charge on any atom is -0.341 e. The molecule has 0 fully saturated rings. The van der Waals surface area contributed by atoms with Gasteiger partial charge in [-0.05, 0) is 43.0 Å². The normalized spacial score (nSPS) is 12.2. The van der Waals surface area contributed by atoms with Gasteiger partial charge in [-0.25, -0.2) is 4.39 Å². The molecule has 0 aliphatic rings. The first-order valence-electron chi connectivity index (χ1n) is 6.71. The summed E-state index contributed by atoms with van der Waals surface area (Å²) < 4.78 is 13.0. The summed E-state index contributed by atoms with van der Waals surface area (Å²) in [5.41, 5.74) is 6.29. The number of nitrogens with zero attached hydrogens (tertiary/aromatic N) is 1. The molecule has 0 saturated heterocycles. The van der Waals surface area contributed by atoms with Gasteiger partial charge in [0, 0.05) is 20.0 Å². The lowest BCUT2D eigenvalue weighted by molar-refractivity contribution is -0.130. The van der Waals surface area contributed by atoms with Crippen molar-refractivity contribution in [3.8, 4) is 0 Å². The zero-order valence-corrected chi connectivity index (χ0v) is 11.7. The van der Waals surface area contributed by atoms with Crippen molar-refractivity contribution >= 4 is 5.91 Å². The van der Waals surface area contributed by atoms with E-state index in [9.17, 15) is 9.18 Å². The first-order chi connectivity index (χ1) is 9.02. The maximum atomic E-state index is 13.0. The van der Waals surface area contributed by atoms with Crippen LogP contribution < -0.4 is 5.73 Å². The molecule has 3 nitrogen and oxygen atoms in total. The Kier molecular flexibility index (Phi) is 6.50. The Labute approximate surface area is 114 Å². The highest BCUT2D eigenvalue weighted by molar-refractivity contribution is 5.75. The second kappa shape index (κ2) is 7.89. The number of amides is 1. The van der Waals surface area contributed by atoms with E-state index in [1.165, 1.54) is 12.1 Å². The first kappa shape index (κ1) is 15.6. The van der Waals surface area contributed by atoms with E-state index in [1.807, 2.05) is 6.07 Å². The minimum atomic E-state index is -0.269. The van der Waals surface area contributed by atoms with Crippen LogP contribution in [0, 0.1) is 11.7 Å². The number of hydrogen-bond donors (Lipinski definition) is 1. The standard InChI is InChI=1S/C15H23FN2O/c1-12(8-9-17)6-7-15(19)18(2)11-13-4-3-5-14(16)10-13/h3-5,10,12H,6-9,11,17H2,1-2H3. The molecule has 4 heteroatoms. The van der Waals surface area contributed by atoms with E-state index in [4.69, 9.17) is 5.73 Å². The van der Waals surface area contributed by atoms with Crippen molar-refractivity contribution < 1.29 is 9.18 Å². The Hall–Kier alpha value is -1.42. The lowest BCUT2D eigenvalue weighted by Crippen LogP contribution is -2.26. The molecule has 0 aliphatic heterocycles. The maximum absolute atomic E-state index is 13.0. The van der Waals surface area contributed by atoms with Crippen LogP contribution >= 0.6 is 0 Å². The van der Waals surface area contributed by atoms with Crippen LogP contribution in [0.25, 0.3) is 0 Å². The van der Waals surface area contributed by atoms with Crippen LogP contribution in [0.4, 0.5) is 4.39 Å². The van der Waals surface area contributed by atoms with Gasteiger partial charge in [0.15, 0.2) is 0 Å². The average Bonchev–Trinajstić information content (AvgIpc) is 2.36. The molecule has 0 bridgehead atoms. The van der Waals surface area contributed by atoms with Gasteiger partial charge in [-0.3, -0.25) is 4.79 Å². The Morgan fingerprint density at radius 1 is 1.42 bits per heavy atom. The Morgan fingerprint density at radius 3 is 2.79 bits per heavy atom. The second-order valence-electron chi connectivity index (χ2n) is 5.10. The van der Waals surface area contributed by atoms with Gasteiger partial charge in [0.2, 0.25) is 5.91 Å². The van der Waals surface area contributed by atoms with E-state index in [2.05, 4.69) is 6.92 Å². The fourth-order valence-corrected chi connectivity index (χ4v) is 1.99. The highest BCUT2D eigenvalue weighted by atomic mass is 19.1. The molecule has 1 rings (SSSR count). The molecule has 106 valence electrons. The van der Waals surface area contributed by atoms with Crippen LogP contribution in [0.2, 0.25) is 0 Å². The van der Waals surface area contributed by atoms with E-state index < -0.39 is 0 Å². The highest BCUT2D eigenvalue weighted by Gasteiger charge is 2.11. The largest absolute Gasteiger partial charge is 0.341 e. The molecular weight excluding hydrogens is 243 g/mol. The van der Waals surface area contributed by atoms with Crippen LogP contribution in [0.1, 0.15) is 31.7 Å². The summed E-state index contributed by atoms with van der Waals surface area (Å²) in [5.74, 6) is 0.291. The van der Waals surface area contributed by atoms with E-state index in [0.29, 0.717) is 25.4 Å². The molecule has 2 N–H and O–H groups in total.